The van der Waals surface area contributed by atoms with E-state index in [1.807, 2.05) is 18.2 Å². The lowest BCUT2D eigenvalue weighted by molar-refractivity contribution is 0.886. The van der Waals surface area contributed by atoms with Gasteiger partial charge in [0.05, 0.1) is 0 Å². The molecule has 0 unspecified atom stereocenters. The first kappa shape index (κ1) is 13.5. The molecule has 0 radical (unpaired) electrons. The Bertz CT molecular complexity index is 797. The second kappa shape index (κ2) is 5.88. The van der Waals surface area contributed by atoms with E-state index >= 15 is 0 Å². The van der Waals surface area contributed by atoms with Gasteiger partial charge in [-0.3, -0.25) is 4.79 Å². The number of rotatable bonds is 5. The van der Waals surface area contributed by atoms with Gasteiger partial charge in [-0.05, 0) is 19.1 Å². The molecule has 3 aromatic rings. The summed E-state index contributed by atoms with van der Waals surface area (Å²) < 4.78 is 1.31. The molecule has 0 saturated heterocycles. The minimum atomic E-state index is -0.159. The number of anilines is 2. The van der Waals surface area contributed by atoms with Crippen molar-refractivity contribution < 1.29 is 0 Å². The lowest BCUT2D eigenvalue weighted by Crippen LogP contribution is -2.16. The molecule has 3 aromatic heterocycles. The summed E-state index contributed by atoms with van der Waals surface area (Å²) in [7, 11) is 0. The molecular formula is C13H14N6OS. The van der Waals surface area contributed by atoms with E-state index in [4.69, 9.17) is 0 Å². The van der Waals surface area contributed by atoms with E-state index in [0.717, 1.165) is 5.82 Å². The molecule has 0 amide bonds. The van der Waals surface area contributed by atoms with Crippen LogP contribution < -0.4 is 16.2 Å². The smallest absolute Gasteiger partial charge is 0.275 e. The molecule has 0 atom stereocenters. The Labute approximate surface area is 124 Å². The van der Waals surface area contributed by atoms with E-state index in [9.17, 15) is 4.79 Å². The van der Waals surface area contributed by atoms with E-state index in [1.165, 1.54) is 21.9 Å². The Morgan fingerprint density at radius 1 is 1.29 bits per heavy atom. The number of hydrogen-bond donors (Lipinski definition) is 2. The molecule has 0 saturated carbocycles. The van der Waals surface area contributed by atoms with Gasteiger partial charge in [-0.2, -0.15) is 4.52 Å². The molecule has 8 heteroatoms. The van der Waals surface area contributed by atoms with Crippen molar-refractivity contribution in [3.05, 3.63) is 46.5 Å². The van der Waals surface area contributed by atoms with Crippen LogP contribution in [-0.4, -0.2) is 32.7 Å². The lowest BCUT2D eigenvalue weighted by Gasteiger charge is -2.04. The van der Waals surface area contributed by atoms with Gasteiger partial charge in [-0.15, -0.1) is 5.10 Å². The molecule has 0 bridgehead atoms. The van der Waals surface area contributed by atoms with E-state index < -0.39 is 0 Å². The molecule has 7 nitrogen and oxygen atoms in total. The number of fused-ring (bicyclic) bond motifs is 1. The van der Waals surface area contributed by atoms with Crippen molar-refractivity contribution in [2.75, 3.05) is 23.7 Å². The standard InChI is InChI=1S/C13H14N6OS/c1-9-8-11(20)19-13(17-9)21-12(18-19)16-7-6-15-10-4-2-3-5-14-10/h2-5,8H,6-7H2,1H3,(H,14,15)(H,16,18). The number of nitrogens with zero attached hydrogens (tertiary/aromatic N) is 4. The van der Waals surface area contributed by atoms with Crippen LogP contribution in [0.5, 0.6) is 0 Å². The fourth-order valence-corrected chi connectivity index (χ4v) is 2.70. The Morgan fingerprint density at radius 2 is 2.14 bits per heavy atom. The third-order valence-electron chi connectivity index (χ3n) is 2.75. The van der Waals surface area contributed by atoms with E-state index in [1.54, 1.807) is 13.1 Å². The average molecular weight is 302 g/mol. The molecule has 0 aliphatic carbocycles. The van der Waals surface area contributed by atoms with Gasteiger partial charge < -0.3 is 10.6 Å². The molecule has 108 valence electrons. The highest BCUT2D eigenvalue weighted by Crippen LogP contribution is 2.15. The molecule has 0 spiro atoms. The van der Waals surface area contributed by atoms with Crippen LogP contribution in [-0.2, 0) is 0 Å². The highest BCUT2D eigenvalue weighted by atomic mass is 32.1. The van der Waals surface area contributed by atoms with E-state index in [-0.39, 0.29) is 5.56 Å². The predicted molar refractivity (Wildman–Crippen MR) is 83.1 cm³/mol. The first-order valence-corrected chi connectivity index (χ1v) is 7.30. The van der Waals surface area contributed by atoms with Crippen LogP contribution in [0.25, 0.3) is 4.96 Å². The second-order valence-electron chi connectivity index (χ2n) is 4.41. The SMILES string of the molecule is Cc1cc(=O)n2nc(NCCNc3ccccn3)sc2n1. The Hall–Kier alpha value is -2.48. The molecule has 21 heavy (non-hydrogen) atoms. The van der Waals surface area contributed by atoms with Crippen molar-refractivity contribution in [3.8, 4) is 0 Å². The van der Waals surface area contributed by atoms with Gasteiger partial charge in [0, 0.05) is 31.0 Å². The topological polar surface area (TPSA) is 84.2 Å². The highest BCUT2D eigenvalue weighted by Gasteiger charge is 2.06. The van der Waals surface area contributed by atoms with E-state index in [2.05, 4.69) is 25.7 Å². The summed E-state index contributed by atoms with van der Waals surface area (Å²) >= 11 is 1.36. The zero-order valence-corrected chi connectivity index (χ0v) is 12.2. The molecule has 3 rings (SSSR count). The summed E-state index contributed by atoms with van der Waals surface area (Å²) in [6, 6.07) is 7.18. The maximum Gasteiger partial charge on any atom is 0.275 e. The summed E-state index contributed by atoms with van der Waals surface area (Å²) in [5.74, 6) is 0.831. The monoisotopic (exact) mass is 302 g/mol. The number of pyridine rings is 1. The lowest BCUT2D eigenvalue weighted by atomic mass is 10.4. The Balaban J connectivity index is 1.61. The minimum absolute atomic E-state index is 0.159. The largest absolute Gasteiger partial charge is 0.368 e. The van der Waals surface area contributed by atoms with Gasteiger partial charge in [0.15, 0.2) is 0 Å². The summed E-state index contributed by atoms with van der Waals surface area (Å²) in [5.41, 5.74) is 0.542. The summed E-state index contributed by atoms with van der Waals surface area (Å²) in [5, 5.41) is 11.2. The molecule has 0 fully saturated rings. The zero-order valence-electron chi connectivity index (χ0n) is 11.4. The van der Waals surface area contributed by atoms with Crippen LogP contribution in [0.4, 0.5) is 10.9 Å². The molecule has 0 aliphatic heterocycles. The highest BCUT2D eigenvalue weighted by molar-refractivity contribution is 7.20. The molecule has 2 N–H and O–H groups in total. The molecular weight excluding hydrogens is 288 g/mol. The number of nitrogens with one attached hydrogen (secondary N) is 2. The number of hydrogen-bond acceptors (Lipinski definition) is 7. The van der Waals surface area contributed by atoms with Crippen LogP contribution in [0.1, 0.15) is 5.69 Å². The van der Waals surface area contributed by atoms with E-state index in [0.29, 0.717) is 28.9 Å². The summed E-state index contributed by atoms with van der Waals surface area (Å²) in [6.07, 6.45) is 1.74. The Morgan fingerprint density at radius 3 is 2.95 bits per heavy atom. The van der Waals surface area contributed by atoms with Crippen molar-refractivity contribution in [2.24, 2.45) is 0 Å². The van der Waals surface area contributed by atoms with Gasteiger partial charge in [-0.1, -0.05) is 17.4 Å². The fourth-order valence-electron chi connectivity index (χ4n) is 1.82. The van der Waals surface area contributed by atoms with Crippen LogP contribution in [0.3, 0.4) is 0 Å². The van der Waals surface area contributed by atoms with Crippen molar-refractivity contribution in [3.63, 3.8) is 0 Å². The van der Waals surface area contributed by atoms with Crippen LogP contribution >= 0.6 is 11.3 Å². The maximum absolute atomic E-state index is 11.7. The second-order valence-corrected chi connectivity index (χ2v) is 5.36. The Kier molecular flexibility index (Phi) is 3.78. The van der Waals surface area contributed by atoms with Crippen LogP contribution in [0, 0.1) is 6.92 Å². The quantitative estimate of drug-likeness (QED) is 0.693. The van der Waals surface area contributed by atoms with Gasteiger partial charge in [0.1, 0.15) is 5.82 Å². The van der Waals surface area contributed by atoms with Gasteiger partial charge >= 0.3 is 0 Å². The first-order valence-electron chi connectivity index (χ1n) is 6.49. The normalized spacial score (nSPS) is 10.7. The van der Waals surface area contributed by atoms with Gasteiger partial charge in [0.2, 0.25) is 10.1 Å². The van der Waals surface area contributed by atoms with Gasteiger partial charge in [-0.25, -0.2) is 9.97 Å². The molecule has 0 aliphatic rings. The minimum Gasteiger partial charge on any atom is -0.368 e. The first-order chi connectivity index (χ1) is 10.2. The zero-order chi connectivity index (χ0) is 14.7. The third-order valence-corrected chi connectivity index (χ3v) is 3.61. The summed E-state index contributed by atoms with van der Waals surface area (Å²) in [6.45, 7) is 3.17. The average Bonchev–Trinajstić information content (AvgIpc) is 2.88. The molecule has 3 heterocycles. The summed E-state index contributed by atoms with van der Waals surface area (Å²) in [4.78, 5) is 20.8. The number of aromatic nitrogens is 4. The number of aryl methyl sites for hydroxylation is 1. The van der Waals surface area contributed by atoms with Crippen molar-refractivity contribution in [2.45, 2.75) is 6.92 Å². The maximum atomic E-state index is 11.7. The van der Waals surface area contributed by atoms with Crippen molar-refractivity contribution in [1.82, 2.24) is 19.6 Å². The molecule has 0 aromatic carbocycles. The third kappa shape index (κ3) is 3.16. The van der Waals surface area contributed by atoms with Crippen molar-refractivity contribution >= 4 is 27.2 Å². The predicted octanol–water partition coefficient (Wildman–Crippen LogP) is 1.38. The van der Waals surface area contributed by atoms with Crippen molar-refractivity contribution in [1.29, 1.82) is 0 Å². The van der Waals surface area contributed by atoms with Crippen LogP contribution in [0.2, 0.25) is 0 Å². The van der Waals surface area contributed by atoms with Crippen LogP contribution in [0.15, 0.2) is 35.3 Å². The van der Waals surface area contributed by atoms with Gasteiger partial charge in [0.25, 0.3) is 5.56 Å². The fraction of sp³-hybridized carbons (Fsp3) is 0.231.